The molecular formula is C16H25N3O2. The Bertz CT molecular complexity index is 447. The van der Waals surface area contributed by atoms with Gasteiger partial charge >= 0.3 is 0 Å². The molecule has 0 spiro atoms. The van der Waals surface area contributed by atoms with E-state index in [0.29, 0.717) is 11.5 Å². The number of ether oxygens (including phenoxy) is 1. The number of amides is 1. The summed E-state index contributed by atoms with van der Waals surface area (Å²) in [5, 5.41) is 0. The molecule has 2 rings (SSSR count). The Morgan fingerprint density at radius 1 is 1.43 bits per heavy atom. The third kappa shape index (κ3) is 4.49. The summed E-state index contributed by atoms with van der Waals surface area (Å²) in [6.45, 7) is 4.50. The van der Waals surface area contributed by atoms with E-state index < -0.39 is 0 Å². The second kappa shape index (κ2) is 8.08. The zero-order valence-electron chi connectivity index (χ0n) is 13.0. The molecule has 5 nitrogen and oxygen atoms in total. The highest BCUT2D eigenvalue weighted by molar-refractivity contribution is 5.93. The van der Waals surface area contributed by atoms with Gasteiger partial charge in [0.1, 0.15) is 5.82 Å². The summed E-state index contributed by atoms with van der Waals surface area (Å²) >= 11 is 0. The summed E-state index contributed by atoms with van der Waals surface area (Å²) in [6, 6.07) is 0. The van der Waals surface area contributed by atoms with Gasteiger partial charge in [0, 0.05) is 45.6 Å². The maximum absolute atomic E-state index is 12.5. The summed E-state index contributed by atoms with van der Waals surface area (Å²) in [5.74, 6) is 1.44. The molecule has 1 aliphatic rings. The molecule has 0 N–H and O–H groups in total. The van der Waals surface area contributed by atoms with Crippen LogP contribution in [0.4, 0.5) is 0 Å². The van der Waals surface area contributed by atoms with Gasteiger partial charge < -0.3 is 9.64 Å². The lowest BCUT2D eigenvalue weighted by Crippen LogP contribution is -2.40. The second-order valence-electron chi connectivity index (χ2n) is 5.64. The molecule has 1 saturated heterocycles. The van der Waals surface area contributed by atoms with Crippen LogP contribution in [0.15, 0.2) is 12.4 Å². The van der Waals surface area contributed by atoms with Crippen LogP contribution in [0.3, 0.4) is 0 Å². The first-order chi connectivity index (χ1) is 10.2. The number of methoxy groups -OCH3 is 1. The van der Waals surface area contributed by atoms with Crippen molar-refractivity contribution in [3.8, 4) is 0 Å². The van der Waals surface area contributed by atoms with Crippen LogP contribution in [-0.4, -0.2) is 47.6 Å². The van der Waals surface area contributed by atoms with Gasteiger partial charge in [-0.15, -0.1) is 0 Å². The van der Waals surface area contributed by atoms with Gasteiger partial charge in [-0.2, -0.15) is 0 Å². The van der Waals surface area contributed by atoms with Crippen LogP contribution in [0, 0.1) is 5.92 Å². The van der Waals surface area contributed by atoms with E-state index in [4.69, 9.17) is 4.74 Å². The van der Waals surface area contributed by atoms with E-state index in [2.05, 4.69) is 9.97 Å². The Kier molecular flexibility index (Phi) is 6.11. The van der Waals surface area contributed by atoms with E-state index in [1.807, 2.05) is 11.8 Å². The van der Waals surface area contributed by atoms with Crippen molar-refractivity contribution in [3.05, 3.63) is 23.8 Å². The Morgan fingerprint density at radius 3 is 2.86 bits per heavy atom. The van der Waals surface area contributed by atoms with Gasteiger partial charge in [-0.05, 0) is 31.6 Å². The average molecular weight is 291 g/mol. The average Bonchev–Trinajstić information content (AvgIpc) is 2.55. The zero-order chi connectivity index (χ0) is 15.1. The van der Waals surface area contributed by atoms with Crippen molar-refractivity contribution >= 4 is 5.91 Å². The molecule has 5 heteroatoms. The zero-order valence-corrected chi connectivity index (χ0v) is 13.0. The number of nitrogens with zero attached hydrogens (tertiary/aromatic N) is 3. The molecular weight excluding hydrogens is 266 g/mol. The Labute approximate surface area is 126 Å². The van der Waals surface area contributed by atoms with Crippen LogP contribution in [0.1, 0.15) is 48.8 Å². The van der Waals surface area contributed by atoms with Gasteiger partial charge in [-0.25, -0.2) is 9.97 Å². The molecule has 21 heavy (non-hydrogen) atoms. The largest absolute Gasteiger partial charge is 0.385 e. The lowest BCUT2D eigenvalue weighted by Gasteiger charge is -2.32. The SMILES string of the molecule is CCc1ncc(C(=O)N2CCC[C@H](CCCOC)C2)cn1. The number of hydrogen-bond donors (Lipinski definition) is 0. The molecule has 1 amide bonds. The van der Waals surface area contributed by atoms with Gasteiger partial charge in [-0.1, -0.05) is 6.92 Å². The molecule has 0 aromatic carbocycles. The highest BCUT2D eigenvalue weighted by atomic mass is 16.5. The van der Waals surface area contributed by atoms with Gasteiger partial charge in [-0.3, -0.25) is 4.79 Å². The molecule has 116 valence electrons. The van der Waals surface area contributed by atoms with Crippen LogP contribution < -0.4 is 0 Å². The second-order valence-corrected chi connectivity index (χ2v) is 5.64. The number of aryl methyl sites for hydroxylation is 1. The maximum Gasteiger partial charge on any atom is 0.256 e. The van der Waals surface area contributed by atoms with Crippen molar-refractivity contribution in [2.45, 2.75) is 39.0 Å². The minimum atomic E-state index is 0.0640. The van der Waals surface area contributed by atoms with Crippen molar-refractivity contribution in [2.24, 2.45) is 5.92 Å². The summed E-state index contributed by atoms with van der Waals surface area (Å²) in [7, 11) is 1.73. The molecule has 1 fully saturated rings. The number of carbonyl (C=O) groups is 1. The number of likely N-dealkylation sites (tertiary alicyclic amines) is 1. The Hall–Kier alpha value is -1.49. The first-order valence-electron chi connectivity index (χ1n) is 7.83. The molecule has 1 aliphatic heterocycles. The maximum atomic E-state index is 12.5. The number of rotatable bonds is 6. The van der Waals surface area contributed by atoms with Crippen molar-refractivity contribution in [1.29, 1.82) is 0 Å². The Balaban J connectivity index is 1.91. The van der Waals surface area contributed by atoms with E-state index in [0.717, 1.165) is 51.2 Å². The van der Waals surface area contributed by atoms with Crippen molar-refractivity contribution in [2.75, 3.05) is 26.8 Å². The van der Waals surface area contributed by atoms with Crippen LogP contribution in [0.5, 0.6) is 0 Å². The predicted octanol–water partition coefficient (Wildman–Crippen LogP) is 2.32. The number of piperidine rings is 1. The molecule has 1 aromatic heterocycles. The van der Waals surface area contributed by atoms with E-state index in [1.54, 1.807) is 19.5 Å². The molecule has 0 bridgehead atoms. The number of hydrogen-bond acceptors (Lipinski definition) is 4. The van der Waals surface area contributed by atoms with E-state index in [-0.39, 0.29) is 5.91 Å². The minimum absolute atomic E-state index is 0.0640. The number of carbonyl (C=O) groups excluding carboxylic acids is 1. The minimum Gasteiger partial charge on any atom is -0.385 e. The van der Waals surface area contributed by atoms with Gasteiger partial charge in [0.15, 0.2) is 0 Å². The lowest BCUT2D eigenvalue weighted by molar-refractivity contribution is 0.0659. The van der Waals surface area contributed by atoms with Crippen molar-refractivity contribution < 1.29 is 9.53 Å². The first-order valence-corrected chi connectivity index (χ1v) is 7.83. The molecule has 0 saturated carbocycles. The van der Waals surface area contributed by atoms with Crippen LogP contribution >= 0.6 is 0 Å². The fourth-order valence-electron chi connectivity index (χ4n) is 2.83. The van der Waals surface area contributed by atoms with Crippen LogP contribution in [0.25, 0.3) is 0 Å². The smallest absolute Gasteiger partial charge is 0.256 e. The Morgan fingerprint density at radius 2 is 2.19 bits per heavy atom. The number of aromatic nitrogens is 2. The third-order valence-electron chi connectivity index (χ3n) is 4.04. The lowest BCUT2D eigenvalue weighted by atomic mass is 9.93. The van der Waals surface area contributed by atoms with Crippen LogP contribution in [-0.2, 0) is 11.2 Å². The normalized spacial score (nSPS) is 18.8. The third-order valence-corrected chi connectivity index (χ3v) is 4.04. The molecule has 0 aliphatic carbocycles. The predicted molar refractivity (Wildman–Crippen MR) is 81.1 cm³/mol. The molecule has 0 radical (unpaired) electrons. The summed E-state index contributed by atoms with van der Waals surface area (Å²) in [6.07, 6.45) is 8.58. The van der Waals surface area contributed by atoms with Gasteiger partial charge in [0.2, 0.25) is 0 Å². The summed E-state index contributed by atoms with van der Waals surface area (Å²) in [5.41, 5.74) is 0.602. The van der Waals surface area contributed by atoms with Gasteiger partial charge in [0.05, 0.1) is 5.56 Å². The summed E-state index contributed by atoms with van der Waals surface area (Å²) < 4.78 is 5.10. The topological polar surface area (TPSA) is 55.3 Å². The van der Waals surface area contributed by atoms with E-state index in [1.165, 1.54) is 6.42 Å². The fraction of sp³-hybridized carbons (Fsp3) is 0.688. The molecule has 1 atom stereocenters. The van der Waals surface area contributed by atoms with Crippen molar-refractivity contribution in [3.63, 3.8) is 0 Å². The monoisotopic (exact) mass is 291 g/mol. The van der Waals surface area contributed by atoms with Crippen LogP contribution in [0.2, 0.25) is 0 Å². The fourth-order valence-corrected chi connectivity index (χ4v) is 2.83. The quantitative estimate of drug-likeness (QED) is 0.755. The van der Waals surface area contributed by atoms with Crippen molar-refractivity contribution in [1.82, 2.24) is 14.9 Å². The molecule has 2 heterocycles. The van der Waals surface area contributed by atoms with E-state index >= 15 is 0 Å². The standard InChI is InChI=1S/C16H25N3O2/c1-3-15-17-10-14(11-18-15)16(20)19-8-4-6-13(12-19)7-5-9-21-2/h10-11,13H,3-9,12H2,1-2H3/t13-/m1/s1. The first kappa shape index (κ1) is 15.9. The van der Waals surface area contributed by atoms with E-state index in [9.17, 15) is 4.79 Å². The highest BCUT2D eigenvalue weighted by Gasteiger charge is 2.24. The highest BCUT2D eigenvalue weighted by Crippen LogP contribution is 2.22. The molecule has 0 unspecified atom stereocenters. The van der Waals surface area contributed by atoms with Gasteiger partial charge in [0.25, 0.3) is 5.91 Å². The molecule has 1 aromatic rings. The summed E-state index contributed by atoms with van der Waals surface area (Å²) in [4.78, 5) is 22.9.